The van der Waals surface area contributed by atoms with E-state index < -0.39 is 12.1 Å². The predicted octanol–water partition coefficient (Wildman–Crippen LogP) is 0.847. The molecule has 1 saturated heterocycles. The predicted molar refractivity (Wildman–Crippen MR) is 82.3 cm³/mol. The Labute approximate surface area is 133 Å². The van der Waals surface area contributed by atoms with Gasteiger partial charge in [-0.05, 0) is 43.6 Å². The molecular formula is C16H20N2O5. The minimum absolute atomic E-state index is 0.00736. The van der Waals surface area contributed by atoms with Crippen LogP contribution in [0.15, 0.2) is 18.2 Å². The molecule has 3 rings (SSSR count). The molecule has 0 spiro atoms. The van der Waals surface area contributed by atoms with Gasteiger partial charge >= 0.3 is 5.97 Å². The Kier molecular flexibility index (Phi) is 4.49. The van der Waals surface area contributed by atoms with Crippen molar-refractivity contribution in [3.05, 3.63) is 23.8 Å². The lowest BCUT2D eigenvalue weighted by Crippen LogP contribution is -2.38. The van der Waals surface area contributed by atoms with E-state index >= 15 is 0 Å². The number of aliphatic hydroxyl groups excluding tert-OH is 1. The summed E-state index contributed by atoms with van der Waals surface area (Å²) in [5.41, 5.74) is 1.28. The fourth-order valence-corrected chi connectivity index (χ4v) is 3.02. The first kappa shape index (κ1) is 15.8. The Morgan fingerprint density at radius 2 is 2.13 bits per heavy atom. The van der Waals surface area contributed by atoms with E-state index in [-0.39, 0.29) is 18.4 Å². The van der Waals surface area contributed by atoms with Crippen LogP contribution in [0.25, 0.3) is 0 Å². The lowest BCUT2D eigenvalue weighted by atomic mass is 9.96. The molecular weight excluding hydrogens is 300 g/mol. The number of aliphatic carboxylic acids is 1. The van der Waals surface area contributed by atoms with Crippen molar-refractivity contribution in [2.45, 2.75) is 18.9 Å². The zero-order valence-electron chi connectivity index (χ0n) is 12.7. The van der Waals surface area contributed by atoms with Crippen molar-refractivity contribution >= 4 is 17.6 Å². The standard InChI is InChI=1S/C16H20N2O5/c19-13(8-18-5-3-10(4-6-18)16(21)22)11-1-2-14-12(7-11)17-15(20)9-23-14/h1-2,7,10,13,19H,3-6,8-9H2,(H,17,20)(H,21,22)/t13-/m0/s1. The quantitative estimate of drug-likeness (QED) is 0.760. The average Bonchev–Trinajstić information content (AvgIpc) is 2.54. The topological polar surface area (TPSA) is 99.1 Å². The first-order valence-electron chi connectivity index (χ1n) is 7.73. The van der Waals surface area contributed by atoms with E-state index in [2.05, 4.69) is 10.2 Å². The van der Waals surface area contributed by atoms with Gasteiger partial charge in [-0.15, -0.1) is 0 Å². The van der Waals surface area contributed by atoms with Crippen LogP contribution < -0.4 is 10.1 Å². The summed E-state index contributed by atoms with van der Waals surface area (Å²) >= 11 is 0. The highest BCUT2D eigenvalue weighted by molar-refractivity contribution is 5.95. The molecule has 1 fully saturated rings. The van der Waals surface area contributed by atoms with E-state index in [1.54, 1.807) is 18.2 Å². The van der Waals surface area contributed by atoms with Crippen molar-refractivity contribution in [3.8, 4) is 5.75 Å². The van der Waals surface area contributed by atoms with Gasteiger partial charge < -0.3 is 25.2 Å². The van der Waals surface area contributed by atoms with Crippen LogP contribution in [0.5, 0.6) is 5.75 Å². The summed E-state index contributed by atoms with van der Waals surface area (Å²) < 4.78 is 5.29. The number of carbonyl (C=O) groups excluding carboxylic acids is 1. The normalized spacial score (nSPS) is 20.3. The van der Waals surface area contributed by atoms with E-state index in [9.17, 15) is 14.7 Å². The van der Waals surface area contributed by atoms with Crippen molar-refractivity contribution < 1.29 is 24.5 Å². The van der Waals surface area contributed by atoms with Crippen molar-refractivity contribution in [2.75, 3.05) is 31.6 Å². The molecule has 0 saturated carbocycles. The Balaban J connectivity index is 1.61. The van der Waals surface area contributed by atoms with Crippen LogP contribution in [0, 0.1) is 5.92 Å². The molecule has 0 bridgehead atoms. The number of anilines is 1. The van der Waals surface area contributed by atoms with E-state index in [0.29, 0.717) is 49.5 Å². The molecule has 1 atom stereocenters. The summed E-state index contributed by atoms with van der Waals surface area (Å²) in [5, 5.41) is 22.1. The number of carboxylic acids is 1. The largest absolute Gasteiger partial charge is 0.482 e. The van der Waals surface area contributed by atoms with Gasteiger partial charge in [0.2, 0.25) is 0 Å². The molecule has 7 heteroatoms. The van der Waals surface area contributed by atoms with Crippen LogP contribution in [0.1, 0.15) is 24.5 Å². The van der Waals surface area contributed by atoms with Crippen LogP contribution in [0.2, 0.25) is 0 Å². The smallest absolute Gasteiger partial charge is 0.306 e. The SMILES string of the molecule is O=C1COc2ccc([C@@H](O)CN3CCC(C(=O)O)CC3)cc2N1. The maximum atomic E-state index is 11.4. The number of carbonyl (C=O) groups is 2. The fourth-order valence-electron chi connectivity index (χ4n) is 3.02. The molecule has 23 heavy (non-hydrogen) atoms. The number of aliphatic hydroxyl groups is 1. The number of amides is 1. The summed E-state index contributed by atoms with van der Waals surface area (Å²) in [4.78, 5) is 24.4. The highest BCUT2D eigenvalue weighted by Gasteiger charge is 2.26. The second-order valence-electron chi connectivity index (χ2n) is 6.02. The van der Waals surface area contributed by atoms with E-state index in [0.717, 1.165) is 0 Å². The van der Waals surface area contributed by atoms with Gasteiger partial charge in [0.25, 0.3) is 5.91 Å². The van der Waals surface area contributed by atoms with Gasteiger partial charge in [-0.2, -0.15) is 0 Å². The molecule has 1 aromatic carbocycles. The molecule has 0 unspecified atom stereocenters. The van der Waals surface area contributed by atoms with Crippen LogP contribution in [0.4, 0.5) is 5.69 Å². The molecule has 7 nitrogen and oxygen atoms in total. The number of nitrogens with one attached hydrogen (secondary N) is 1. The van der Waals surface area contributed by atoms with E-state index in [4.69, 9.17) is 9.84 Å². The van der Waals surface area contributed by atoms with Crippen LogP contribution in [-0.4, -0.2) is 53.2 Å². The number of rotatable bonds is 4. The lowest BCUT2D eigenvalue weighted by molar-refractivity contribution is -0.143. The number of likely N-dealkylation sites (tertiary alicyclic amines) is 1. The number of ether oxygens (including phenoxy) is 1. The van der Waals surface area contributed by atoms with Crippen molar-refractivity contribution in [2.24, 2.45) is 5.92 Å². The van der Waals surface area contributed by atoms with Crippen LogP contribution in [0.3, 0.4) is 0 Å². The first-order valence-corrected chi connectivity index (χ1v) is 7.73. The van der Waals surface area contributed by atoms with E-state index in [1.165, 1.54) is 0 Å². The second-order valence-corrected chi connectivity index (χ2v) is 6.02. The van der Waals surface area contributed by atoms with Gasteiger partial charge in [0.15, 0.2) is 6.61 Å². The number of hydrogen-bond donors (Lipinski definition) is 3. The number of piperidine rings is 1. The summed E-state index contributed by atoms with van der Waals surface area (Å²) in [6, 6.07) is 5.25. The second kappa shape index (κ2) is 6.55. The highest BCUT2D eigenvalue weighted by Crippen LogP contribution is 2.31. The molecule has 2 aliphatic heterocycles. The Bertz CT molecular complexity index is 610. The van der Waals surface area contributed by atoms with Crippen LogP contribution in [-0.2, 0) is 9.59 Å². The number of fused-ring (bicyclic) bond motifs is 1. The zero-order valence-corrected chi connectivity index (χ0v) is 12.7. The molecule has 124 valence electrons. The summed E-state index contributed by atoms with van der Waals surface area (Å²) in [5.74, 6) is -0.627. The zero-order chi connectivity index (χ0) is 16.4. The molecule has 0 aliphatic carbocycles. The average molecular weight is 320 g/mol. The van der Waals surface area contributed by atoms with Gasteiger partial charge in [0.05, 0.1) is 17.7 Å². The molecule has 0 aromatic heterocycles. The van der Waals surface area contributed by atoms with Gasteiger partial charge in [-0.3, -0.25) is 9.59 Å². The Hall–Kier alpha value is -2.12. The van der Waals surface area contributed by atoms with Gasteiger partial charge in [-0.25, -0.2) is 0 Å². The molecule has 1 aromatic rings. The Morgan fingerprint density at radius 3 is 2.83 bits per heavy atom. The fraction of sp³-hybridized carbons (Fsp3) is 0.500. The van der Waals surface area contributed by atoms with E-state index in [1.807, 2.05) is 0 Å². The molecule has 1 amide bonds. The minimum atomic E-state index is -0.740. The number of β-amino-alcohol motifs (C(OH)–C–C–N with tert-alkyl or cyclic N) is 1. The summed E-state index contributed by atoms with van der Waals surface area (Å²) in [6.07, 6.45) is 0.521. The maximum Gasteiger partial charge on any atom is 0.306 e. The van der Waals surface area contributed by atoms with Crippen LogP contribution >= 0.6 is 0 Å². The molecule has 3 N–H and O–H groups in total. The Morgan fingerprint density at radius 1 is 1.39 bits per heavy atom. The van der Waals surface area contributed by atoms with Gasteiger partial charge in [0, 0.05) is 6.54 Å². The summed E-state index contributed by atoms with van der Waals surface area (Å²) in [6.45, 7) is 1.78. The van der Waals surface area contributed by atoms with Crippen molar-refractivity contribution in [1.29, 1.82) is 0 Å². The summed E-state index contributed by atoms with van der Waals surface area (Å²) in [7, 11) is 0. The van der Waals surface area contributed by atoms with Crippen molar-refractivity contribution in [1.82, 2.24) is 4.90 Å². The third kappa shape index (κ3) is 3.62. The molecule has 2 aliphatic rings. The third-order valence-corrected chi connectivity index (χ3v) is 4.39. The number of carboxylic acid groups (broad SMARTS) is 1. The minimum Gasteiger partial charge on any atom is -0.482 e. The number of nitrogens with zero attached hydrogens (tertiary/aromatic N) is 1. The third-order valence-electron chi connectivity index (χ3n) is 4.39. The molecule has 2 heterocycles. The number of hydrogen-bond acceptors (Lipinski definition) is 5. The highest BCUT2D eigenvalue weighted by atomic mass is 16.5. The van der Waals surface area contributed by atoms with Crippen molar-refractivity contribution in [3.63, 3.8) is 0 Å². The lowest BCUT2D eigenvalue weighted by Gasteiger charge is -2.31. The number of benzene rings is 1. The first-order chi connectivity index (χ1) is 11.0. The maximum absolute atomic E-state index is 11.4. The van der Waals surface area contributed by atoms with Gasteiger partial charge in [-0.1, -0.05) is 6.07 Å². The van der Waals surface area contributed by atoms with Gasteiger partial charge in [0.1, 0.15) is 5.75 Å². The molecule has 0 radical (unpaired) electrons. The monoisotopic (exact) mass is 320 g/mol.